The van der Waals surface area contributed by atoms with E-state index in [9.17, 15) is 4.79 Å². The minimum Gasteiger partial charge on any atom is -0.493 e. The monoisotopic (exact) mass is 652 g/mol. The van der Waals surface area contributed by atoms with Gasteiger partial charge < -0.3 is 33.9 Å². The molecule has 2 aliphatic rings. The van der Waals surface area contributed by atoms with Gasteiger partial charge in [0.2, 0.25) is 11.7 Å². The Kier molecular flexibility index (Phi) is 10.2. The number of imidazole rings is 1. The van der Waals surface area contributed by atoms with Gasteiger partial charge in [0.15, 0.2) is 11.5 Å². The van der Waals surface area contributed by atoms with Gasteiger partial charge in [0.25, 0.3) is 5.91 Å². The fourth-order valence-electron chi connectivity index (χ4n) is 7.28. The first-order chi connectivity index (χ1) is 23.3. The lowest BCUT2D eigenvalue weighted by Crippen LogP contribution is -2.47. The number of benzene rings is 2. The number of pyridine rings is 1. The smallest absolute Gasteiger partial charge is 0.254 e. The quantitative estimate of drug-likeness (QED) is 0.184. The molecule has 2 aliphatic heterocycles. The maximum atomic E-state index is 13.9. The average Bonchev–Trinajstić information content (AvgIpc) is 3.76. The molecule has 0 spiro atoms. The van der Waals surface area contributed by atoms with Gasteiger partial charge in [0.05, 0.1) is 32.4 Å². The molecule has 6 rings (SSSR count). The molecule has 2 aromatic carbocycles. The van der Waals surface area contributed by atoms with Gasteiger partial charge in [-0.1, -0.05) is 29.8 Å². The Labute approximate surface area is 283 Å². The Bertz CT molecular complexity index is 1670. The molecule has 48 heavy (non-hydrogen) atoms. The van der Waals surface area contributed by atoms with Gasteiger partial charge in [-0.25, -0.2) is 4.98 Å². The number of nitrogens with zero attached hydrogens (tertiary/aromatic N) is 5. The number of hydrogen-bond acceptors (Lipinski definition) is 8. The third-order valence-electron chi connectivity index (χ3n) is 10.1. The van der Waals surface area contributed by atoms with Crippen molar-refractivity contribution in [3.05, 3.63) is 83.7 Å². The van der Waals surface area contributed by atoms with Gasteiger partial charge in [-0.05, 0) is 82.0 Å². The van der Waals surface area contributed by atoms with E-state index in [1.54, 1.807) is 33.5 Å². The maximum absolute atomic E-state index is 13.9. The van der Waals surface area contributed by atoms with Crippen molar-refractivity contribution >= 4 is 22.9 Å². The van der Waals surface area contributed by atoms with Crippen LogP contribution in [0.1, 0.15) is 55.5 Å². The number of fused-ring (bicyclic) bond motifs is 1. The van der Waals surface area contributed by atoms with Crippen molar-refractivity contribution in [2.75, 3.05) is 65.5 Å². The average molecular weight is 653 g/mol. The molecule has 0 saturated carbocycles. The number of hydrogen-bond donors (Lipinski definition) is 1. The standard InChI is InChI=1S/C38H48N6O4/c1-27(2)12-20-44(37-40-31-10-6-7-11-32(31)41-37)30-13-18-42(19-14-30)21-15-38(29-9-8-17-39-25-29)16-22-43(26-38)36(45)28-23-33(46-3)35(48-5)34(24-28)47-4/h6-12,17,23-25,30H,13-16,18-22,26H2,1-5H3,(H,40,41). The van der Waals surface area contributed by atoms with Crippen LogP contribution in [0, 0.1) is 0 Å². The SMILES string of the molecule is COc1cc(C(=O)N2CCC(CCN3CCC(N(CC=C(C)C)c4nc5ccccc5[nH]4)CC3)(c3cccnc3)C2)cc(OC)c1OC. The highest BCUT2D eigenvalue weighted by Gasteiger charge is 2.42. The van der Waals surface area contributed by atoms with Gasteiger partial charge in [0.1, 0.15) is 0 Å². The van der Waals surface area contributed by atoms with Crippen molar-refractivity contribution < 1.29 is 19.0 Å². The summed E-state index contributed by atoms with van der Waals surface area (Å²) in [5.41, 5.74) is 4.92. The molecule has 4 aromatic rings. The number of nitrogens with one attached hydrogen (secondary N) is 1. The van der Waals surface area contributed by atoms with Crippen molar-refractivity contribution in [1.82, 2.24) is 24.8 Å². The number of para-hydroxylation sites is 2. The number of rotatable bonds is 12. The normalized spacial score (nSPS) is 18.6. The summed E-state index contributed by atoms with van der Waals surface area (Å²) in [6.45, 7) is 9.45. The number of carbonyl (C=O) groups excluding carboxylic acids is 1. The van der Waals surface area contributed by atoms with Crippen LogP contribution in [0.15, 0.2) is 72.6 Å². The summed E-state index contributed by atoms with van der Waals surface area (Å²) in [7, 11) is 4.70. The summed E-state index contributed by atoms with van der Waals surface area (Å²) >= 11 is 0. The lowest BCUT2D eigenvalue weighted by atomic mass is 9.77. The predicted molar refractivity (Wildman–Crippen MR) is 189 cm³/mol. The van der Waals surface area contributed by atoms with Crippen LogP contribution in [-0.2, 0) is 5.41 Å². The first kappa shape index (κ1) is 33.3. The molecule has 1 N–H and O–H groups in total. The molecule has 2 aromatic heterocycles. The molecular weight excluding hydrogens is 604 g/mol. The van der Waals surface area contributed by atoms with Crippen LogP contribution < -0.4 is 19.1 Å². The second-order valence-corrected chi connectivity index (χ2v) is 13.2. The number of amides is 1. The number of allylic oxidation sites excluding steroid dienone is 1. The van der Waals surface area contributed by atoms with E-state index in [-0.39, 0.29) is 11.3 Å². The molecule has 4 heterocycles. The topological polar surface area (TPSA) is 96.1 Å². The lowest BCUT2D eigenvalue weighted by molar-refractivity contribution is 0.0779. The second kappa shape index (κ2) is 14.7. The highest BCUT2D eigenvalue weighted by atomic mass is 16.5. The van der Waals surface area contributed by atoms with E-state index in [0.717, 1.165) is 68.8 Å². The lowest BCUT2D eigenvalue weighted by Gasteiger charge is -2.39. The second-order valence-electron chi connectivity index (χ2n) is 13.2. The Morgan fingerprint density at radius 1 is 1.02 bits per heavy atom. The number of aromatic nitrogens is 3. The van der Waals surface area contributed by atoms with Crippen LogP contribution in [-0.4, -0.2) is 97.3 Å². The summed E-state index contributed by atoms with van der Waals surface area (Å²) in [5, 5.41) is 0. The van der Waals surface area contributed by atoms with Crippen molar-refractivity contribution in [1.29, 1.82) is 0 Å². The number of methoxy groups -OCH3 is 3. The van der Waals surface area contributed by atoms with Gasteiger partial charge in [-0.3, -0.25) is 9.78 Å². The summed E-state index contributed by atoms with van der Waals surface area (Å²) in [6, 6.07) is 16.3. The van der Waals surface area contributed by atoms with Crippen LogP contribution in [0.4, 0.5) is 5.95 Å². The molecule has 1 amide bonds. The molecule has 2 saturated heterocycles. The highest BCUT2D eigenvalue weighted by Crippen LogP contribution is 2.41. The van der Waals surface area contributed by atoms with E-state index in [2.05, 4.69) is 57.9 Å². The molecular formula is C38H48N6O4. The van der Waals surface area contributed by atoms with Crippen LogP contribution in [0.25, 0.3) is 11.0 Å². The third kappa shape index (κ3) is 6.99. The van der Waals surface area contributed by atoms with E-state index in [1.165, 1.54) is 11.1 Å². The van der Waals surface area contributed by atoms with Crippen molar-refractivity contribution in [2.24, 2.45) is 0 Å². The van der Waals surface area contributed by atoms with Crippen LogP contribution in [0.5, 0.6) is 17.2 Å². The first-order valence-electron chi connectivity index (χ1n) is 16.9. The van der Waals surface area contributed by atoms with Crippen LogP contribution in [0.2, 0.25) is 0 Å². The molecule has 0 aliphatic carbocycles. The van der Waals surface area contributed by atoms with Gasteiger partial charge in [0, 0.05) is 62.1 Å². The van der Waals surface area contributed by atoms with Crippen LogP contribution in [0.3, 0.4) is 0 Å². The minimum atomic E-state index is -0.175. The number of likely N-dealkylation sites (tertiary alicyclic amines) is 2. The predicted octanol–water partition coefficient (Wildman–Crippen LogP) is 6.09. The zero-order chi connectivity index (χ0) is 33.7. The molecule has 10 nitrogen and oxygen atoms in total. The van der Waals surface area contributed by atoms with Crippen molar-refractivity contribution in [2.45, 2.75) is 51.0 Å². The van der Waals surface area contributed by atoms with E-state index >= 15 is 0 Å². The summed E-state index contributed by atoms with van der Waals surface area (Å²) in [6.07, 6.45) is 10.1. The molecule has 254 valence electrons. The zero-order valence-corrected chi connectivity index (χ0v) is 28.9. The molecule has 2 fully saturated rings. The summed E-state index contributed by atoms with van der Waals surface area (Å²) in [4.78, 5) is 33.9. The highest BCUT2D eigenvalue weighted by molar-refractivity contribution is 5.96. The number of piperidine rings is 1. The fraction of sp³-hybridized carbons (Fsp3) is 0.447. The summed E-state index contributed by atoms with van der Waals surface area (Å²) < 4.78 is 16.5. The molecule has 1 atom stereocenters. The zero-order valence-electron chi connectivity index (χ0n) is 28.9. The third-order valence-corrected chi connectivity index (χ3v) is 10.1. The number of ether oxygens (including phenoxy) is 3. The Hall–Kier alpha value is -4.57. The van der Waals surface area contributed by atoms with Crippen LogP contribution >= 0.6 is 0 Å². The molecule has 10 heteroatoms. The molecule has 0 radical (unpaired) electrons. The van der Waals surface area contributed by atoms with E-state index in [0.29, 0.717) is 41.9 Å². The van der Waals surface area contributed by atoms with Crippen molar-refractivity contribution in [3.63, 3.8) is 0 Å². The van der Waals surface area contributed by atoms with E-state index in [4.69, 9.17) is 19.2 Å². The van der Waals surface area contributed by atoms with E-state index < -0.39 is 0 Å². The van der Waals surface area contributed by atoms with E-state index in [1.807, 2.05) is 35.5 Å². The van der Waals surface area contributed by atoms with Gasteiger partial charge in [-0.2, -0.15) is 0 Å². The van der Waals surface area contributed by atoms with Gasteiger partial charge in [-0.15, -0.1) is 0 Å². The van der Waals surface area contributed by atoms with Gasteiger partial charge >= 0.3 is 0 Å². The Morgan fingerprint density at radius 3 is 2.42 bits per heavy atom. The number of H-pyrrole nitrogens is 1. The first-order valence-corrected chi connectivity index (χ1v) is 16.9. The van der Waals surface area contributed by atoms with Crippen molar-refractivity contribution in [3.8, 4) is 17.2 Å². The minimum absolute atomic E-state index is 0.0390. The Balaban J connectivity index is 1.14. The number of aromatic amines is 1. The Morgan fingerprint density at radius 2 is 1.77 bits per heavy atom. The maximum Gasteiger partial charge on any atom is 0.254 e. The molecule has 1 unspecified atom stereocenters. The largest absolute Gasteiger partial charge is 0.493 e. The fourth-order valence-corrected chi connectivity index (χ4v) is 7.28. The molecule has 0 bridgehead atoms. The number of carbonyl (C=O) groups is 1. The number of anilines is 1. The summed E-state index contributed by atoms with van der Waals surface area (Å²) in [5.74, 6) is 2.33.